The van der Waals surface area contributed by atoms with Crippen LogP contribution in [0.4, 0.5) is 0 Å². The van der Waals surface area contributed by atoms with Gasteiger partial charge in [0.05, 0.1) is 6.10 Å². The van der Waals surface area contributed by atoms with E-state index >= 15 is 0 Å². The second kappa shape index (κ2) is 9.20. The fraction of sp³-hybridized carbons (Fsp3) is 0.429. The smallest absolute Gasteiger partial charge is 0.148 e. The van der Waals surface area contributed by atoms with Crippen LogP contribution in [0.5, 0.6) is 0 Å². The van der Waals surface area contributed by atoms with Gasteiger partial charge in [-0.3, -0.25) is 0 Å². The first-order valence-corrected chi connectivity index (χ1v) is 10.8. The molecule has 2 aromatic carbocycles. The van der Waals surface area contributed by atoms with Crippen molar-refractivity contribution in [3.63, 3.8) is 0 Å². The zero-order chi connectivity index (χ0) is 17.4. The third-order valence-corrected chi connectivity index (χ3v) is 8.39. The average molecular weight is 344 g/mol. The molecule has 0 spiro atoms. The van der Waals surface area contributed by atoms with Gasteiger partial charge < -0.3 is 9.67 Å². The Kier molecular flexibility index (Phi) is 7.27. The van der Waals surface area contributed by atoms with Crippen molar-refractivity contribution < 1.29 is 9.67 Å². The monoisotopic (exact) mass is 344 g/mol. The van der Waals surface area contributed by atoms with E-state index in [9.17, 15) is 9.67 Å². The molecule has 2 aromatic rings. The van der Waals surface area contributed by atoms with Gasteiger partial charge in [-0.05, 0) is 6.42 Å². The highest BCUT2D eigenvalue weighted by atomic mass is 31.2. The summed E-state index contributed by atoms with van der Waals surface area (Å²) in [5.74, 6) is 0. The molecule has 130 valence electrons. The van der Waals surface area contributed by atoms with Gasteiger partial charge in [-0.1, -0.05) is 100 Å². The normalized spacial score (nSPS) is 14.3. The van der Waals surface area contributed by atoms with Gasteiger partial charge in [0.2, 0.25) is 0 Å². The first-order chi connectivity index (χ1) is 11.6. The van der Waals surface area contributed by atoms with E-state index in [1.54, 1.807) is 0 Å². The molecule has 2 atom stereocenters. The Morgan fingerprint density at radius 2 is 1.38 bits per heavy atom. The minimum atomic E-state index is -2.88. The predicted molar refractivity (Wildman–Crippen MR) is 104 cm³/mol. The van der Waals surface area contributed by atoms with Gasteiger partial charge in [0.25, 0.3) is 0 Å². The van der Waals surface area contributed by atoms with E-state index in [1.165, 1.54) is 12.8 Å². The SMILES string of the molecule is CCCCCC[C@@H](O)[C@H](C)P(=O)(c1ccccc1)c1ccccc1. The molecule has 0 unspecified atom stereocenters. The minimum absolute atomic E-state index is 0.288. The molecule has 0 radical (unpaired) electrons. The predicted octanol–water partition coefficient (Wildman–Crippen LogP) is 4.72. The summed E-state index contributed by atoms with van der Waals surface area (Å²) in [5, 5.41) is 12.4. The van der Waals surface area contributed by atoms with Crippen LogP contribution in [0.25, 0.3) is 0 Å². The van der Waals surface area contributed by atoms with Crippen molar-refractivity contribution >= 4 is 17.8 Å². The Morgan fingerprint density at radius 3 is 1.83 bits per heavy atom. The van der Waals surface area contributed by atoms with Gasteiger partial charge in [-0.15, -0.1) is 0 Å². The van der Waals surface area contributed by atoms with Crippen molar-refractivity contribution in [2.24, 2.45) is 0 Å². The molecule has 0 aromatic heterocycles. The van der Waals surface area contributed by atoms with Crippen LogP contribution in [0.1, 0.15) is 46.0 Å². The van der Waals surface area contributed by atoms with Crippen molar-refractivity contribution in [1.82, 2.24) is 0 Å². The number of hydrogen-bond acceptors (Lipinski definition) is 2. The third kappa shape index (κ3) is 4.37. The number of rotatable bonds is 9. The maximum absolute atomic E-state index is 14.1. The molecule has 3 heteroatoms. The molecule has 1 N–H and O–H groups in total. The van der Waals surface area contributed by atoms with E-state index in [4.69, 9.17) is 0 Å². The Morgan fingerprint density at radius 1 is 0.875 bits per heavy atom. The third-order valence-electron chi connectivity index (χ3n) is 4.76. The Labute approximate surface area is 146 Å². The van der Waals surface area contributed by atoms with Gasteiger partial charge in [0, 0.05) is 16.3 Å². The van der Waals surface area contributed by atoms with Crippen LogP contribution in [0.2, 0.25) is 0 Å². The van der Waals surface area contributed by atoms with Gasteiger partial charge in [-0.25, -0.2) is 0 Å². The number of unbranched alkanes of at least 4 members (excludes halogenated alkanes) is 3. The van der Waals surface area contributed by atoms with Crippen LogP contribution in [0.15, 0.2) is 60.7 Å². The summed E-state index contributed by atoms with van der Waals surface area (Å²) in [6.45, 7) is 4.11. The topological polar surface area (TPSA) is 37.3 Å². The summed E-state index contributed by atoms with van der Waals surface area (Å²) < 4.78 is 14.1. The van der Waals surface area contributed by atoms with Crippen molar-refractivity contribution in [1.29, 1.82) is 0 Å². The maximum atomic E-state index is 14.1. The zero-order valence-electron chi connectivity index (χ0n) is 14.8. The highest BCUT2D eigenvalue weighted by Crippen LogP contribution is 2.50. The Hall–Kier alpha value is -1.37. The minimum Gasteiger partial charge on any atom is -0.392 e. The van der Waals surface area contributed by atoms with Crippen molar-refractivity contribution in [3.05, 3.63) is 60.7 Å². The van der Waals surface area contributed by atoms with E-state index in [1.807, 2.05) is 67.6 Å². The number of hydrogen-bond donors (Lipinski definition) is 1. The standard InChI is InChI=1S/C21H29O2P/c1-3-4-5-12-17-21(22)18(2)24(23,19-13-8-6-9-14-19)20-15-10-7-11-16-20/h6-11,13-16,18,21-22H,3-5,12,17H2,1-2H3/t18-,21+/m0/s1. The highest BCUT2D eigenvalue weighted by Gasteiger charge is 2.37. The van der Waals surface area contributed by atoms with E-state index in [0.717, 1.165) is 23.5 Å². The number of aliphatic hydroxyl groups is 1. The number of aliphatic hydroxyl groups excluding tert-OH is 1. The van der Waals surface area contributed by atoms with E-state index in [-0.39, 0.29) is 5.66 Å². The van der Waals surface area contributed by atoms with Crippen molar-refractivity contribution in [3.8, 4) is 0 Å². The highest BCUT2D eigenvalue weighted by molar-refractivity contribution is 7.79. The molecular formula is C21H29O2P. The number of benzene rings is 2. The van der Waals surface area contributed by atoms with Crippen LogP contribution in [-0.4, -0.2) is 16.9 Å². The van der Waals surface area contributed by atoms with E-state index in [0.29, 0.717) is 6.42 Å². The molecule has 24 heavy (non-hydrogen) atoms. The zero-order valence-corrected chi connectivity index (χ0v) is 15.7. The van der Waals surface area contributed by atoms with Crippen molar-refractivity contribution in [2.45, 2.75) is 57.7 Å². The second-order valence-electron chi connectivity index (χ2n) is 6.49. The lowest BCUT2D eigenvalue weighted by atomic mass is 10.1. The molecule has 0 aliphatic heterocycles. The lowest BCUT2D eigenvalue weighted by Gasteiger charge is -2.29. The van der Waals surface area contributed by atoms with Crippen LogP contribution in [-0.2, 0) is 4.57 Å². The molecule has 0 bridgehead atoms. The maximum Gasteiger partial charge on any atom is 0.148 e. The van der Waals surface area contributed by atoms with Gasteiger partial charge in [0.1, 0.15) is 7.14 Å². The van der Waals surface area contributed by atoms with Gasteiger partial charge in [-0.2, -0.15) is 0 Å². The molecule has 0 aliphatic carbocycles. The quantitative estimate of drug-likeness (QED) is 0.528. The fourth-order valence-corrected chi connectivity index (χ4v) is 6.28. The molecule has 2 rings (SSSR count). The molecular weight excluding hydrogens is 315 g/mol. The van der Waals surface area contributed by atoms with Crippen molar-refractivity contribution in [2.75, 3.05) is 0 Å². The summed E-state index contributed by atoms with van der Waals surface area (Å²) in [6, 6.07) is 19.3. The average Bonchev–Trinajstić information content (AvgIpc) is 2.65. The molecule has 0 saturated heterocycles. The molecule has 2 nitrogen and oxygen atoms in total. The van der Waals surface area contributed by atoms with Crippen LogP contribution >= 0.6 is 7.14 Å². The molecule has 0 aliphatic rings. The molecule has 0 heterocycles. The van der Waals surface area contributed by atoms with E-state index in [2.05, 4.69) is 6.92 Å². The van der Waals surface area contributed by atoms with Gasteiger partial charge >= 0.3 is 0 Å². The summed E-state index contributed by atoms with van der Waals surface area (Å²) >= 11 is 0. The largest absolute Gasteiger partial charge is 0.392 e. The lowest BCUT2D eigenvalue weighted by Crippen LogP contribution is -2.32. The summed E-state index contributed by atoms with van der Waals surface area (Å²) in [6.07, 6.45) is 4.65. The van der Waals surface area contributed by atoms with Crippen LogP contribution < -0.4 is 10.6 Å². The first-order valence-electron chi connectivity index (χ1n) is 8.99. The molecule has 0 amide bonds. The van der Waals surface area contributed by atoms with Gasteiger partial charge in [0.15, 0.2) is 0 Å². The Balaban J connectivity index is 2.28. The van der Waals surface area contributed by atoms with Crippen LogP contribution in [0.3, 0.4) is 0 Å². The molecule has 0 fully saturated rings. The second-order valence-corrected chi connectivity index (χ2v) is 9.65. The summed E-state index contributed by atoms with van der Waals surface area (Å²) in [7, 11) is -2.88. The summed E-state index contributed by atoms with van der Waals surface area (Å²) in [5.41, 5.74) is -0.288. The lowest BCUT2D eigenvalue weighted by molar-refractivity contribution is 0.159. The van der Waals surface area contributed by atoms with E-state index < -0.39 is 13.2 Å². The molecule has 0 saturated carbocycles. The fourth-order valence-electron chi connectivity index (χ4n) is 3.18. The van der Waals surface area contributed by atoms with Crippen LogP contribution in [0, 0.1) is 0 Å². The summed E-state index contributed by atoms with van der Waals surface area (Å²) in [4.78, 5) is 0. The Bertz CT molecular complexity index is 596. The first kappa shape index (κ1) is 19.0.